The molecule has 0 saturated carbocycles. The standard InChI is InChI=1S/C21H24N2O/c1-15-9-18(13-22-12-15)21(24)17-10-19-7-8-20(11-17)23(19)14-16-5-3-2-4-6-16/h2-6,9,12-13,17,19-20H,7-8,10-11,14H2,1H3. The van der Waals surface area contributed by atoms with Crippen molar-refractivity contribution in [2.75, 3.05) is 0 Å². The van der Waals surface area contributed by atoms with E-state index in [1.54, 1.807) is 6.20 Å². The quantitative estimate of drug-likeness (QED) is 0.798. The molecule has 1 aromatic heterocycles. The maximum atomic E-state index is 12.9. The summed E-state index contributed by atoms with van der Waals surface area (Å²) >= 11 is 0. The van der Waals surface area contributed by atoms with Gasteiger partial charge in [-0.3, -0.25) is 14.7 Å². The number of Topliss-reactive ketones (excluding diaryl/α,β-unsaturated/α-hetero) is 1. The normalized spacial score (nSPS) is 26.5. The predicted octanol–water partition coefficient (Wildman–Crippen LogP) is 4.02. The van der Waals surface area contributed by atoms with E-state index >= 15 is 0 Å². The number of hydrogen-bond acceptors (Lipinski definition) is 3. The summed E-state index contributed by atoms with van der Waals surface area (Å²) in [7, 11) is 0. The number of pyridine rings is 1. The van der Waals surface area contributed by atoms with E-state index in [4.69, 9.17) is 0 Å². The monoisotopic (exact) mass is 320 g/mol. The molecule has 2 atom stereocenters. The smallest absolute Gasteiger partial charge is 0.167 e. The number of aromatic nitrogens is 1. The van der Waals surface area contributed by atoms with Gasteiger partial charge in [0.1, 0.15) is 0 Å². The number of piperidine rings is 1. The molecule has 0 radical (unpaired) electrons. The number of fused-ring (bicyclic) bond motifs is 2. The molecule has 3 heteroatoms. The van der Waals surface area contributed by atoms with Crippen LogP contribution in [0, 0.1) is 12.8 Å². The van der Waals surface area contributed by atoms with Crippen LogP contribution >= 0.6 is 0 Å². The number of hydrogen-bond donors (Lipinski definition) is 0. The highest BCUT2D eigenvalue weighted by Crippen LogP contribution is 2.40. The molecule has 0 spiro atoms. The van der Waals surface area contributed by atoms with Gasteiger partial charge in [0, 0.05) is 42.5 Å². The first-order valence-electron chi connectivity index (χ1n) is 8.96. The summed E-state index contributed by atoms with van der Waals surface area (Å²) in [5.74, 6) is 0.459. The van der Waals surface area contributed by atoms with Crippen LogP contribution in [0.25, 0.3) is 0 Å². The first-order chi connectivity index (χ1) is 11.7. The van der Waals surface area contributed by atoms with E-state index in [0.717, 1.165) is 30.5 Å². The zero-order valence-electron chi connectivity index (χ0n) is 14.2. The SMILES string of the molecule is Cc1cncc(C(=O)C2CC3CCC(C2)N3Cc2ccccc2)c1. The van der Waals surface area contributed by atoms with Crippen molar-refractivity contribution in [3.8, 4) is 0 Å². The molecule has 124 valence electrons. The van der Waals surface area contributed by atoms with Crippen LogP contribution in [0.15, 0.2) is 48.8 Å². The van der Waals surface area contributed by atoms with Crippen molar-refractivity contribution in [1.82, 2.24) is 9.88 Å². The number of aryl methyl sites for hydroxylation is 1. The minimum atomic E-state index is 0.165. The van der Waals surface area contributed by atoms with E-state index in [2.05, 4.69) is 40.2 Å². The summed E-state index contributed by atoms with van der Waals surface area (Å²) in [6.07, 6.45) is 7.99. The van der Waals surface area contributed by atoms with Crippen molar-refractivity contribution in [3.05, 3.63) is 65.5 Å². The Hall–Kier alpha value is -2.00. The van der Waals surface area contributed by atoms with Crippen LogP contribution in [0.1, 0.15) is 47.2 Å². The fourth-order valence-electron chi connectivity index (χ4n) is 4.47. The highest BCUT2D eigenvalue weighted by Gasteiger charge is 2.42. The van der Waals surface area contributed by atoms with Crippen LogP contribution in [0.5, 0.6) is 0 Å². The lowest BCUT2D eigenvalue weighted by Crippen LogP contribution is -2.44. The summed E-state index contributed by atoms with van der Waals surface area (Å²) in [4.78, 5) is 19.7. The second-order valence-corrected chi connectivity index (χ2v) is 7.33. The van der Waals surface area contributed by atoms with Gasteiger partial charge in [-0.15, -0.1) is 0 Å². The Morgan fingerprint density at radius 2 is 1.83 bits per heavy atom. The summed E-state index contributed by atoms with van der Waals surface area (Å²) in [6, 6.07) is 13.8. The number of benzene rings is 1. The van der Waals surface area contributed by atoms with Gasteiger partial charge in [-0.1, -0.05) is 30.3 Å². The van der Waals surface area contributed by atoms with Gasteiger partial charge >= 0.3 is 0 Å². The Bertz CT molecular complexity index is 714. The third-order valence-electron chi connectivity index (χ3n) is 5.62. The van der Waals surface area contributed by atoms with E-state index in [1.807, 2.05) is 19.2 Å². The molecule has 2 aromatic rings. The molecule has 4 rings (SSSR count). The average molecular weight is 320 g/mol. The largest absolute Gasteiger partial charge is 0.294 e. The van der Waals surface area contributed by atoms with Gasteiger partial charge in [-0.2, -0.15) is 0 Å². The number of ketones is 1. The van der Waals surface area contributed by atoms with Crippen LogP contribution in [0.3, 0.4) is 0 Å². The number of nitrogens with zero attached hydrogens (tertiary/aromatic N) is 2. The van der Waals surface area contributed by atoms with Crippen LogP contribution in [0.4, 0.5) is 0 Å². The van der Waals surface area contributed by atoms with Gasteiger partial charge in [-0.25, -0.2) is 0 Å². The molecular formula is C21H24N2O. The third kappa shape index (κ3) is 3.01. The Morgan fingerprint density at radius 1 is 1.12 bits per heavy atom. The molecule has 0 amide bonds. The summed E-state index contributed by atoms with van der Waals surface area (Å²) in [5.41, 5.74) is 3.23. The molecule has 3 nitrogen and oxygen atoms in total. The minimum absolute atomic E-state index is 0.165. The van der Waals surface area contributed by atoms with Crippen molar-refractivity contribution >= 4 is 5.78 Å². The van der Waals surface area contributed by atoms with Crippen molar-refractivity contribution < 1.29 is 4.79 Å². The highest BCUT2D eigenvalue weighted by atomic mass is 16.1. The molecule has 2 aliphatic heterocycles. The lowest BCUT2D eigenvalue weighted by Gasteiger charge is -2.38. The van der Waals surface area contributed by atoms with Crippen molar-refractivity contribution in [3.63, 3.8) is 0 Å². The molecular weight excluding hydrogens is 296 g/mol. The van der Waals surface area contributed by atoms with E-state index in [-0.39, 0.29) is 5.92 Å². The second-order valence-electron chi connectivity index (χ2n) is 7.33. The summed E-state index contributed by atoms with van der Waals surface area (Å²) in [6.45, 7) is 3.01. The van der Waals surface area contributed by atoms with E-state index in [9.17, 15) is 4.79 Å². The first-order valence-corrected chi connectivity index (χ1v) is 8.96. The molecule has 3 heterocycles. The zero-order chi connectivity index (χ0) is 16.5. The molecule has 2 bridgehead atoms. The molecule has 2 saturated heterocycles. The van der Waals surface area contributed by atoms with Crippen molar-refractivity contribution in [2.45, 2.75) is 51.2 Å². The minimum Gasteiger partial charge on any atom is -0.294 e. The van der Waals surface area contributed by atoms with Crippen molar-refractivity contribution in [2.24, 2.45) is 5.92 Å². The van der Waals surface area contributed by atoms with Gasteiger partial charge < -0.3 is 0 Å². The topological polar surface area (TPSA) is 33.2 Å². The third-order valence-corrected chi connectivity index (χ3v) is 5.62. The molecule has 2 aliphatic rings. The molecule has 2 unspecified atom stereocenters. The van der Waals surface area contributed by atoms with Crippen molar-refractivity contribution in [1.29, 1.82) is 0 Å². The molecule has 0 N–H and O–H groups in total. The second kappa shape index (κ2) is 6.48. The number of carbonyl (C=O) groups is 1. The lowest BCUT2D eigenvalue weighted by atomic mass is 9.84. The van der Waals surface area contributed by atoms with E-state index in [1.165, 1.54) is 18.4 Å². The van der Waals surface area contributed by atoms with Gasteiger partial charge in [-0.05, 0) is 49.8 Å². The molecule has 1 aromatic carbocycles. The number of carbonyl (C=O) groups excluding carboxylic acids is 1. The Kier molecular flexibility index (Phi) is 4.19. The average Bonchev–Trinajstić information content (AvgIpc) is 2.83. The highest BCUT2D eigenvalue weighted by molar-refractivity contribution is 5.97. The Morgan fingerprint density at radius 3 is 2.50 bits per heavy atom. The maximum Gasteiger partial charge on any atom is 0.167 e. The van der Waals surface area contributed by atoms with Gasteiger partial charge in [0.05, 0.1) is 0 Å². The molecule has 0 aliphatic carbocycles. The van der Waals surface area contributed by atoms with Gasteiger partial charge in [0.25, 0.3) is 0 Å². The Labute approximate surface area is 143 Å². The van der Waals surface area contributed by atoms with E-state index in [0.29, 0.717) is 17.9 Å². The fraction of sp³-hybridized carbons (Fsp3) is 0.429. The predicted molar refractivity (Wildman–Crippen MR) is 94.8 cm³/mol. The van der Waals surface area contributed by atoms with Crippen LogP contribution in [-0.2, 0) is 6.54 Å². The number of rotatable bonds is 4. The molecule has 24 heavy (non-hydrogen) atoms. The van der Waals surface area contributed by atoms with Crippen LogP contribution in [0.2, 0.25) is 0 Å². The lowest BCUT2D eigenvalue weighted by molar-refractivity contribution is 0.0678. The van der Waals surface area contributed by atoms with Crippen LogP contribution < -0.4 is 0 Å². The summed E-state index contributed by atoms with van der Waals surface area (Å²) < 4.78 is 0. The zero-order valence-corrected chi connectivity index (χ0v) is 14.2. The van der Waals surface area contributed by atoms with Gasteiger partial charge in [0.2, 0.25) is 0 Å². The first kappa shape index (κ1) is 15.5. The van der Waals surface area contributed by atoms with E-state index < -0.39 is 0 Å². The maximum absolute atomic E-state index is 12.9. The van der Waals surface area contributed by atoms with Crippen LogP contribution in [-0.4, -0.2) is 27.8 Å². The fourth-order valence-corrected chi connectivity index (χ4v) is 4.47. The van der Waals surface area contributed by atoms with Gasteiger partial charge in [0.15, 0.2) is 5.78 Å². The Balaban J connectivity index is 1.47. The molecule has 2 fully saturated rings. The summed E-state index contributed by atoms with van der Waals surface area (Å²) in [5, 5.41) is 0.